The maximum Gasteiger partial charge on any atom is 0.223 e. The first-order valence-electron chi connectivity index (χ1n) is 4.85. The number of guanidine groups is 2. The molecule has 1 aliphatic heterocycles. The molecule has 0 saturated carbocycles. The average Bonchev–Trinajstić information content (AvgIpc) is 2.65. The van der Waals surface area contributed by atoms with Gasteiger partial charge in [0.05, 0.1) is 12.3 Å². The normalized spacial score (nSPS) is 14.1. The van der Waals surface area contributed by atoms with Crippen molar-refractivity contribution in [3.8, 4) is 5.75 Å². The maximum atomic E-state index is 5.56. The van der Waals surface area contributed by atoms with Crippen LogP contribution in [0.5, 0.6) is 5.75 Å². The quantitative estimate of drug-likeness (QED) is 0.450. The highest BCUT2D eigenvalue weighted by molar-refractivity contribution is 5.93. The predicted molar refractivity (Wildman–Crippen MR) is 62.7 cm³/mol. The standard InChI is InChI=1S/C10H13N5O/c11-9(12)15-10(13)14-7-2-1-3-8-6(7)4-5-16-8/h1-3H,4-5H2,(H6,11,12,13,14,15). The fourth-order valence-corrected chi connectivity index (χ4v) is 1.59. The second kappa shape index (κ2) is 4.09. The zero-order valence-electron chi connectivity index (χ0n) is 8.68. The van der Waals surface area contributed by atoms with E-state index in [1.165, 1.54) is 0 Å². The SMILES string of the molecule is NC(N)=NC(N)=Nc1cccc2c1CCO2. The number of aliphatic imine (C=N–C) groups is 2. The molecule has 0 bridgehead atoms. The van der Waals surface area contributed by atoms with Crippen LogP contribution < -0.4 is 21.9 Å². The Bertz CT molecular complexity index is 462. The van der Waals surface area contributed by atoms with Crippen LogP contribution in [0, 0.1) is 0 Å². The number of ether oxygens (including phenoxy) is 1. The van der Waals surface area contributed by atoms with E-state index in [1.807, 2.05) is 18.2 Å². The van der Waals surface area contributed by atoms with Gasteiger partial charge in [0.1, 0.15) is 5.75 Å². The van der Waals surface area contributed by atoms with Crippen LogP contribution in [-0.4, -0.2) is 18.5 Å². The first kappa shape index (κ1) is 10.3. The number of nitrogens with two attached hydrogens (primary N) is 3. The first-order chi connectivity index (χ1) is 7.66. The highest BCUT2D eigenvalue weighted by Crippen LogP contribution is 2.33. The van der Waals surface area contributed by atoms with Crippen LogP contribution in [0.1, 0.15) is 5.56 Å². The summed E-state index contributed by atoms with van der Waals surface area (Å²) in [6.45, 7) is 0.671. The number of hydrogen-bond acceptors (Lipinski definition) is 2. The molecule has 1 aliphatic rings. The molecule has 0 aromatic heterocycles. The van der Waals surface area contributed by atoms with Gasteiger partial charge in [-0.1, -0.05) is 6.07 Å². The van der Waals surface area contributed by atoms with Gasteiger partial charge in [-0.15, -0.1) is 0 Å². The lowest BCUT2D eigenvalue weighted by molar-refractivity contribution is 0.357. The summed E-state index contributed by atoms with van der Waals surface area (Å²) in [5, 5.41) is 0. The summed E-state index contributed by atoms with van der Waals surface area (Å²) < 4.78 is 5.41. The summed E-state index contributed by atoms with van der Waals surface area (Å²) >= 11 is 0. The number of fused-ring (bicyclic) bond motifs is 1. The minimum absolute atomic E-state index is 0.0419. The second-order valence-corrected chi connectivity index (χ2v) is 3.36. The van der Waals surface area contributed by atoms with E-state index in [2.05, 4.69) is 9.98 Å². The number of hydrogen-bond donors (Lipinski definition) is 3. The van der Waals surface area contributed by atoms with E-state index in [1.54, 1.807) is 0 Å². The Morgan fingerprint density at radius 1 is 1.25 bits per heavy atom. The molecular weight excluding hydrogens is 206 g/mol. The van der Waals surface area contributed by atoms with E-state index in [4.69, 9.17) is 21.9 Å². The van der Waals surface area contributed by atoms with Gasteiger partial charge in [-0.05, 0) is 12.1 Å². The molecule has 0 saturated heterocycles. The van der Waals surface area contributed by atoms with Gasteiger partial charge < -0.3 is 21.9 Å². The summed E-state index contributed by atoms with van der Waals surface area (Å²) in [5.41, 5.74) is 17.8. The summed E-state index contributed by atoms with van der Waals surface area (Å²) in [4.78, 5) is 7.80. The van der Waals surface area contributed by atoms with Gasteiger partial charge in [0, 0.05) is 12.0 Å². The molecule has 0 radical (unpaired) electrons. The number of nitrogens with zero attached hydrogens (tertiary/aromatic N) is 2. The smallest absolute Gasteiger partial charge is 0.223 e. The van der Waals surface area contributed by atoms with Gasteiger partial charge in [0.25, 0.3) is 0 Å². The number of benzene rings is 1. The van der Waals surface area contributed by atoms with E-state index in [9.17, 15) is 0 Å². The maximum absolute atomic E-state index is 5.56. The zero-order valence-corrected chi connectivity index (χ0v) is 8.68. The van der Waals surface area contributed by atoms with Gasteiger partial charge in [-0.3, -0.25) is 0 Å². The van der Waals surface area contributed by atoms with Crippen molar-refractivity contribution in [3.63, 3.8) is 0 Å². The lowest BCUT2D eigenvalue weighted by Gasteiger charge is -2.02. The zero-order chi connectivity index (χ0) is 11.5. The van der Waals surface area contributed by atoms with E-state index >= 15 is 0 Å². The van der Waals surface area contributed by atoms with Crippen molar-refractivity contribution in [2.75, 3.05) is 6.61 Å². The van der Waals surface area contributed by atoms with Crippen molar-refractivity contribution >= 4 is 17.6 Å². The third-order valence-corrected chi connectivity index (χ3v) is 2.20. The summed E-state index contributed by atoms with van der Waals surface area (Å²) in [5.74, 6) is 0.782. The molecule has 0 spiro atoms. The molecule has 6 heteroatoms. The van der Waals surface area contributed by atoms with Crippen LogP contribution in [0.2, 0.25) is 0 Å². The molecule has 0 aliphatic carbocycles. The molecule has 1 aromatic carbocycles. The minimum atomic E-state index is -0.106. The van der Waals surface area contributed by atoms with Gasteiger partial charge in [0.2, 0.25) is 5.96 Å². The third-order valence-electron chi connectivity index (χ3n) is 2.20. The second-order valence-electron chi connectivity index (χ2n) is 3.36. The summed E-state index contributed by atoms with van der Waals surface area (Å²) in [7, 11) is 0. The lowest BCUT2D eigenvalue weighted by atomic mass is 10.1. The molecule has 2 rings (SSSR count). The van der Waals surface area contributed by atoms with Crippen LogP contribution in [0.15, 0.2) is 28.2 Å². The van der Waals surface area contributed by atoms with Crippen molar-refractivity contribution in [1.29, 1.82) is 0 Å². The Labute approximate surface area is 92.8 Å². The highest BCUT2D eigenvalue weighted by Gasteiger charge is 2.15. The van der Waals surface area contributed by atoms with Gasteiger partial charge >= 0.3 is 0 Å². The molecule has 6 N–H and O–H groups in total. The Balaban J connectivity index is 2.35. The van der Waals surface area contributed by atoms with Crippen molar-refractivity contribution in [2.24, 2.45) is 27.2 Å². The Morgan fingerprint density at radius 3 is 2.81 bits per heavy atom. The van der Waals surface area contributed by atoms with Gasteiger partial charge in [-0.2, -0.15) is 4.99 Å². The van der Waals surface area contributed by atoms with Crippen LogP contribution in [0.25, 0.3) is 0 Å². The molecule has 84 valence electrons. The lowest BCUT2D eigenvalue weighted by Crippen LogP contribution is -2.26. The minimum Gasteiger partial charge on any atom is -0.493 e. The molecule has 0 fully saturated rings. The average molecular weight is 219 g/mol. The molecule has 1 aromatic rings. The monoisotopic (exact) mass is 219 g/mol. The molecule has 6 nitrogen and oxygen atoms in total. The van der Waals surface area contributed by atoms with Crippen molar-refractivity contribution in [2.45, 2.75) is 6.42 Å². The highest BCUT2D eigenvalue weighted by atomic mass is 16.5. The van der Waals surface area contributed by atoms with E-state index in [0.29, 0.717) is 6.61 Å². The van der Waals surface area contributed by atoms with Gasteiger partial charge in [-0.25, -0.2) is 4.99 Å². The number of rotatable bonds is 1. The topological polar surface area (TPSA) is 112 Å². The molecule has 0 atom stereocenters. The summed E-state index contributed by atoms with van der Waals surface area (Å²) in [6, 6.07) is 5.60. The van der Waals surface area contributed by atoms with E-state index < -0.39 is 0 Å². The largest absolute Gasteiger partial charge is 0.493 e. The predicted octanol–water partition coefficient (Wildman–Crippen LogP) is -0.159. The first-order valence-corrected chi connectivity index (χ1v) is 4.85. The van der Waals surface area contributed by atoms with Crippen molar-refractivity contribution in [3.05, 3.63) is 23.8 Å². The van der Waals surface area contributed by atoms with E-state index in [-0.39, 0.29) is 11.9 Å². The Morgan fingerprint density at radius 2 is 2.06 bits per heavy atom. The molecule has 1 heterocycles. The molecular formula is C10H13N5O. The van der Waals surface area contributed by atoms with Crippen molar-refractivity contribution < 1.29 is 4.74 Å². The van der Waals surface area contributed by atoms with Crippen LogP contribution in [0.4, 0.5) is 5.69 Å². The Hall–Kier alpha value is -2.24. The molecule has 16 heavy (non-hydrogen) atoms. The fourth-order valence-electron chi connectivity index (χ4n) is 1.59. The van der Waals surface area contributed by atoms with Crippen molar-refractivity contribution in [1.82, 2.24) is 0 Å². The van der Waals surface area contributed by atoms with Crippen LogP contribution in [0.3, 0.4) is 0 Å². The summed E-state index contributed by atoms with van der Waals surface area (Å²) in [6.07, 6.45) is 0.824. The Kier molecular flexibility index (Phi) is 2.63. The van der Waals surface area contributed by atoms with Gasteiger partial charge in [0.15, 0.2) is 5.96 Å². The van der Waals surface area contributed by atoms with E-state index in [0.717, 1.165) is 23.4 Å². The van der Waals surface area contributed by atoms with Crippen LogP contribution in [-0.2, 0) is 6.42 Å². The molecule has 0 unspecified atom stereocenters. The van der Waals surface area contributed by atoms with Crippen LogP contribution >= 0.6 is 0 Å². The third kappa shape index (κ3) is 2.05. The fraction of sp³-hybridized carbons (Fsp3) is 0.200. The molecule has 0 amide bonds.